The molecule has 2 aromatic carbocycles. The summed E-state index contributed by atoms with van der Waals surface area (Å²) in [5.74, 6) is 2.80. The van der Waals surface area contributed by atoms with Crippen LogP contribution in [-0.2, 0) is 17.8 Å². The standard InChI is InChI=1S/C22H24N4O2S/c1-16-6-10-18(11-7-16)28-19-12-8-17(9-13-19)23-21(27)15-29-22-25-24-20-5-3-2-4-14-26(20)22/h6-13H,2-5,14-15H2,1H3,(H,23,27). The molecule has 3 aromatic rings. The first-order chi connectivity index (χ1) is 14.2. The maximum atomic E-state index is 12.3. The first-order valence-electron chi connectivity index (χ1n) is 9.87. The second-order valence-electron chi connectivity index (χ2n) is 7.14. The predicted molar refractivity (Wildman–Crippen MR) is 115 cm³/mol. The van der Waals surface area contributed by atoms with Crippen molar-refractivity contribution in [3.63, 3.8) is 0 Å². The number of ether oxygens (including phenoxy) is 1. The molecule has 0 saturated carbocycles. The van der Waals surface area contributed by atoms with Crippen LogP contribution in [-0.4, -0.2) is 26.4 Å². The number of carbonyl (C=O) groups is 1. The minimum Gasteiger partial charge on any atom is -0.457 e. The van der Waals surface area contributed by atoms with Crippen LogP contribution in [0, 0.1) is 6.92 Å². The fraction of sp³-hybridized carbons (Fsp3) is 0.318. The summed E-state index contributed by atoms with van der Waals surface area (Å²) in [6.45, 7) is 2.98. The lowest BCUT2D eigenvalue weighted by Crippen LogP contribution is -2.14. The van der Waals surface area contributed by atoms with E-state index in [2.05, 4.69) is 20.1 Å². The van der Waals surface area contributed by atoms with Crippen LogP contribution in [0.1, 0.15) is 30.7 Å². The Morgan fingerprint density at radius 2 is 1.76 bits per heavy atom. The fourth-order valence-corrected chi connectivity index (χ4v) is 4.02. The van der Waals surface area contributed by atoms with Crippen molar-refractivity contribution in [3.05, 3.63) is 59.9 Å². The van der Waals surface area contributed by atoms with Gasteiger partial charge in [0.2, 0.25) is 5.91 Å². The van der Waals surface area contributed by atoms with Gasteiger partial charge in [-0.2, -0.15) is 0 Å². The Balaban J connectivity index is 1.29. The van der Waals surface area contributed by atoms with Crippen LogP contribution >= 0.6 is 11.8 Å². The van der Waals surface area contributed by atoms with E-state index in [4.69, 9.17) is 4.74 Å². The second kappa shape index (κ2) is 9.13. The topological polar surface area (TPSA) is 69.0 Å². The minimum atomic E-state index is -0.0619. The van der Waals surface area contributed by atoms with Gasteiger partial charge in [0.1, 0.15) is 17.3 Å². The average molecular weight is 409 g/mol. The van der Waals surface area contributed by atoms with Gasteiger partial charge in [-0.15, -0.1) is 10.2 Å². The summed E-state index contributed by atoms with van der Waals surface area (Å²) in [5, 5.41) is 12.3. The molecular formula is C22H24N4O2S. The summed E-state index contributed by atoms with van der Waals surface area (Å²) in [6.07, 6.45) is 4.49. The van der Waals surface area contributed by atoms with Gasteiger partial charge in [0, 0.05) is 18.7 Å². The van der Waals surface area contributed by atoms with Crippen molar-refractivity contribution in [2.75, 3.05) is 11.1 Å². The van der Waals surface area contributed by atoms with E-state index in [1.807, 2.05) is 55.5 Å². The van der Waals surface area contributed by atoms with E-state index in [0.717, 1.165) is 54.0 Å². The van der Waals surface area contributed by atoms with E-state index in [-0.39, 0.29) is 5.91 Å². The number of benzene rings is 2. The summed E-state index contributed by atoms with van der Waals surface area (Å²) in [7, 11) is 0. The first kappa shape index (κ1) is 19.5. The van der Waals surface area contributed by atoms with Gasteiger partial charge >= 0.3 is 0 Å². The summed E-state index contributed by atoms with van der Waals surface area (Å²) in [6, 6.07) is 15.3. The molecule has 1 aliphatic heterocycles. The highest BCUT2D eigenvalue weighted by atomic mass is 32.2. The normalized spacial score (nSPS) is 13.4. The van der Waals surface area contributed by atoms with Crippen LogP contribution in [0.4, 0.5) is 5.69 Å². The molecule has 0 spiro atoms. The second-order valence-corrected chi connectivity index (χ2v) is 8.08. The van der Waals surface area contributed by atoms with Crippen LogP contribution < -0.4 is 10.1 Å². The number of nitrogens with one attached hydrogen (secondary N) is 1. The smallest absolute Gasteiger partial charge is 0.234 e. The largest absolute Gasteiger partial charge is 0.457 e. The minimum absolute atomic E-state index is 0.0619. The number of aryl methyl sites for hydroxylation is 2. The lowest BCUT2D eigenvalue weighted by molar-refractivity contribution is -0.113. The summed E-state index contributed by atoms with van der Waals surface area (Å²) in [5.41, 5.74) is 1.93. The Bertz CT molecular complexity index is 967. The molecule has 4 rings (SSSR count). The Labute approximate surface area is 174 Å². The Morgan fingerprint density at radius 1 is 1.03 bits per heavy atom. The molecule has 1 amide bonds. The fourth-order valence-electron chi connectivity index (χ4n) is 3.24. The molecule has 29 heavy (non-hydrogen) atoms. The van der Waals surface area contributed by atoms with Gasteiger partial charge in [-0.1, -0.05) is 35.9 Å². The lowest BCUT2D eigenvalue weighted by Gasteiger charge is -2.09. The molecule has 0 aliphatic carbocycles. The highest BCUT2D eigenvalue weighted by Crippen LogP contribution is 2.24. The van der Waals surface area contributed by atoms with Gasteiger partial charge < -0.3 is 14.6 Å². The molecular weight excluding hydrogens is 384 g/mol. The van der Waals surface area contributed by atoms with Crippen molar-refractivity contribution < 1.29 is 9.53 Å². The Hall–Kier alpha value is -2.80. The average Bonchev–Trinajstić information content (AvgIpc) is 2.95. The zero-order chi connectivity index (χ0) is 20.1. The quantitative estimate of drug-likeness (QED) is 0.591. The van der Waals surface area contributed by atoms with E-state index in [1.54, 1.807) is 0 Å². The monoisotopic (exact) mass is 408 g/mol. The molecule has 0 bridgehead atoms. The molecule has 0 fully saturated rings. The molecule has 7 heteroatoms. The third-order valence-electron chi connectivity index (χ3n) is 4.80. The van der Waals surface area contributed by atoms with Crippen LogP contribution in [0.2, 0.25) is 0 Å². The highest BCUT2D eigenvalue weighted by molar-refractivity contribution is 7.99. The number of nitrogens with zero attached hydrogens (tertiary/aromatic N) is 3. The summed E-state index contributed by atoms with van der Waals surface area (Å²) in [4.78, 5) is 12.3. The van der Waals surface area contributed by atoms with Gasteiger partial charge in [-0.05, 0) is 56.2 Å². The van der Waals surface area contributed by atoms with Crippen LogP contribution in [0.25, 0.3) is 0 Å². The van der Waals surface area contributed by atoms with Crippen molar-refractivity contribution in [3.8, 4) is 11.5 Å². The van der Waals surface area contributed by atoms with Crippen molar-refractivity contribution in [1.29, 1.82) is 0 Å². The number of rotatable bonds is 6. The number of carbonyl (C=O) groups excluding carboxylic acids is 1. The third-order valence-corrected chi connectivity index (χ3v) is 5.77. The van der Waals surface area contributed by atoms with Crippen LogP contribution in [0.3, 0.4) is 0 Å². The molecule has 0 saturated heterocycles. The summed E-state index contributed by atoms with van der Waals surface area (Å²) >= 11 is 1.44. The van der Waals surface area contributed by atoms with Crippen LogP contribution in [0.15, 0.2) is 53.7 Å². The number of aromatic nitrogens is 3. The maximum absolute atomic E-state index is 12.3. The zero-order valence-corrected chi connectivity index (χ0v) is 17.2. The SMILES string of the molecule is Cc1ccc(Oc2ccc(NC(=O)CSc3nnc4n3CCCCC4)cc2)cc1. The number of fused-ring (bicyclic) bond motifs is 1. The van der Waals surface area contributed by atoms with Crippen molar-refractivity contribution >= 4 is 23.4 Å². The van der Waals surface area contributed by atoms with Gasteiger partial charge in [-0.25, -0.2) is 0 Å². The number of anilines is 1. The van der Waals surface area contributed by atoms with Gasteiger partial charge in [0.05, 0.1) is 5.75 Å². The molecule has 6 nitrogen and oxygen atoms in total. The van der Waals surface area contributed by atoms with E-state index in [1.165, 1.54) is 23.7 Å². The van der Waals surface area contributed by atoms with Crippen molar-refractivity contribution in [1.82, 2.24) is 14.8 Å². The number of hydrogen-bond acceptors (Lipinski definition) is 5. The van der Waals surface area contributed by atoms with E-state index in [9.17, 15) is 4.79 Å². The van der Waals surface area contributed by atoms with Crippen molar-refractivity contribution in [2.24, 2.45) is 0 Å². The molecule has 1 aliphatic rings. The van der Waals surface area contributed by atoms with Gasteiger partial charge in [0.15, 0.2) is 5.16 Å². The molecule has 0 radical (unpaired) electrons. The van der Waals surface area contributed by atoms with Gasteiger partial charge in [0.25, 0.3) is 0 Å². The first-order valence-corrected chi connectivity index (χ1v) is 10.9. The molecule has 0 atom stereocenters. The molecule has 1 N–H and O–H groups in total. The van der Waals surface area contributed by atoms with Gasteiger partial charge in [-0.3, -0.25) is 4.79 Å². The van der Waals surface area contributed by atoms with Crippen LogP contribution in [0.5, 0.6) is 11.5 Å². The van der Waals surface area contributed by atoms with E-state index in [0.29, 0.717) is 5.75 Å². The zero-order valence-electron chi connectivity index (χ0n) is 16.4. The molecule has 1 aromatic heterocycles. The molecule has 2 heterocycles. The summed E-state index contributed by atoms with van der Waals surface area (Å²) < 4.78 is 7.97. The number of hydrogen-bond donors (Lipinski definition) is 1. The molecule has 0 unspecified atom stereocenters. The predicted octanol–water partition coefficient (Wildman–Crippen LogP) is 4.84. The third kappa shape index (κ3) is 5.17. The van der Waals surface area contributed by atoms with E-state index < -0.39 is 0 Å². The lowest BCUT2D eigenvalue weighted by atomic mass is 10.2. The van der Waals surface area contributed by atoms with E-state index >= 15 is 0 Å². The highest BCUT2D eigenvalue weighted by Gasteiger charge is 2.16. The number of thioether (sulfide) groups is 1. The van der Waals surface area contributed by atoms with Crippen molar-refractivity contribution in [2.45, 2.75) is 44.3 Å². The maximum Gasteiger partial charge on any atom is 0.234 e. The Kier molecular flexibility index (Phi) is 6.14. The molecule has 150 valence electrons. The Morgan fingerprint density at radius 3 is 2.52 bits per heavy atom. The number of amides is 1.